The summed E-state index contributed by atoms with van der Waals surface area (Å²) in [6.07, 6.45) is 4.05. The second-order valence-electron chi connectivity index (χ2n) is 5.42. The molecule has 0 saturated heterocycles. The number of carbonyl (C=O) groups excluding carboxylic acids is 1. The van der Waals surface area contributed by atoms with Crippen LogP contribution < -0.4 is 11.1 Å². The van der Waals surface area contributed by atoms with Gasteiger partial charge < -0.3 is 15.5 Å². The molecule has 1 heterocycles. The summed E-state index contributed by atoms with van der Waals surface area (Å²) in [5.74, 6) is 1.95. The van der Waals surface area contributed by atoms with E-state index in [4.69, 9.17) is 10.2 Å². The van der Waals surface area contributed by atoms with Crippen molar-refractivity contribution in [1.29, 1.82) is 0 Å². The summed E-state index contributed by atoms with van der Waals surface area (Å²) in [5.41, 5.74) is 5.61. The number of nitrogens with two attached hydrogens (primary N) is 1. The second-order valence-corrected chi connectivity index (χ2v) is 5.42. The van der Waals surface area contributed by atoms with Gasteiger partial charge in [-0.3, -0.25) is 4.79 Å². The molecular weight excluding hydrogens is 240 g/mol. The molecule has 0 aliphatic heterocycles. The summed E-state index contributed by atoms with van der Waals surface area (Å²) in [7, 11) is 0. The normalized spacial score (nSPS) is 14.4. The highest BCUT2D eigenvalue weighted by atomic mass is 16.3. The third-order valence-corrected chi connectivity index (χ3v) is 3.57. The Balaban J connectivity index is 2.34. The molecule has 3 N–H and O–H groups in total. The van der Waals surface area contributed by atoms with Gasteiger partial charge in [-0.2, -0.15) is 0 Å². The lowest BCUT2D eigenvalue weighted by atomic mass is 9.88. The average molecular weight is 266 g/mol. The Morgan fingerprint density at radius 1 is 1.37 bits per heavy atom. The van der Waals surface area contributed by atoms with Gasteiger partial charge in [-0.1, -0.05) is 13.8 Å². The van der Waals surface area contributed by atoms with E-state index in [1.165, 1.54) is 0 Å². The van der Waals surface area contributed by atoms with Crippen molar-refractivity contribution in [3.63, 3.8) is 0 Å². The molecule has 2 atom stereocenters. The highest BCUT2D eigenvalue weighted by Gasteiger charge is 2.16. The molecule has 0 saturated carbocycles. The van der Waals surface area contributed by atoms with Crippen molar-refractivity contribution in [2.45, 2.75) is 46.1 Å². The first kappa shape index (κ1) is 15.8. The van der Waals surface area contributed by atoms with E-state index in [0.29, 0.717) is 24.8 Å². The summed E-state index contributed by atoms with van der Waals surface area (Å²) >= 11 is 0. The Hall–Kier alpha value is -1.29. The first-order valence-electron chi connectivity index (χ1n) is 7.07. The Kier molecular flexibility index (Phi) is 6.64. The Morgan fingerprint density at radius 2 is 2.11 bits per heavy atom. The summed E-state index contributed by atoms with van der Waals surface area (Å²) in [5, 5.41) is 2.95. The van der Waals surface area contributed by atoms with E-state index in [9.17, 15) is 4.79 Å². The standard InChI is InChI=1S/C15H26N2O2/c1-11(2)13(8-9-16)6-7-15(18)17-12(3)14-5-4-10-19-14/h4-5,10-13H,6-9,16H2,1-3H3,(H,17,18)/t12-,13?/m0/s1. The number of amides is 1. The molecule has 108 valence electrons. The first-order chi connectivity index (χ1) is 9.04. The quantitative estimate of drug-likeness (QED) is 0.760. The number of rotatable bonds is 8. The van der Waals surface area contributed by atoms with Crippen LogP contribution in [0.1, 0.15) is 51.8 Å². The van der Waals surface area contributed by atoms with Crippen LogP contribution in [0, 0.1) is 11.8 Å². The van der Waals surface area contributed by atoms with E-state index < -0.39 is 0 Å². The van der Waals surface area contributed by atoms with Gasteiger partial charge in [0.2, 0.25) is 5.91 Å². The zero-order chi connectivity index (χ0) is 14.3. The Morgan fingerprint density at radius 3 is 2.63 bits per heavy atom. The summed E-state index contributed by atoms with van der Waals surface area (Å²) in [4.78, 5) is 11.9. The van der Waals surface area contributed by atoms with E-state index >= 15 is 0 Å². The smallest absolute Gasteiger partial charge is 0.220 e. The highest BCUT2D eigenvalue weighted by Crippen LogP contribution is 2.20. The molecule has 0 aromatic carbocycles. The number of carbonyl (C=O) groups is 1. The molecule has 1 aromatic rings. The zero-order valence-corrected chi connectivity index (χ0v) is 12.2. The monoisotopic (exact) mass is 266 g/mol. The Labute approximate surface area is 115 Å². The lowest BCUT2D eigenvalue weighted by molar-refractivity contribution is -0.122. The van der Waals surface area contributed by atoms with Crippen LogP contribution >= 0.6 is 0 Å². The lowest BCUT2D eigenvalue weighted by Gasteiger charge is -2.20. The van der Waals surface area contributed by atoms with Gasteiger partial charge in [-0.15, -0.1) is 0 Å². The van der Waals surface area contributed by atoms with Crippen molar-refractivity contribution in [1.82, 2.24) is 5.32 Å². The molecule has 1 amide bonds. The molecular formula is C15H26N2O2. The second kappa shape index (κ2) is 8.00. The molecule has 0 radical (unpaired) electrons. The topological polar surface area (TPSA) is 68.3 Å². The molecule has 1 unspecified atom stereocenters. The van der Waals surface area contributed by atoms with Crippen molar-refractivity contribution >= 4 is 5.91 Å². The third-order valence-electron chi connectivity index (χ3n) is 3.57. The molecule has 1 rings (SSSR count). The zero-order valence-electron chi connectivity index (χ0n) is 12.2. The van der Waals surface area contributed by atoms with Crippen LogP contribution in [-0.4, -0.2) is 12.5 Å². The molecule has 0 aliphatic carbocycles. The van der Waals surface area contributed by atoms with Crippen LogP contribution in [0.5, 0.6) is 0 Å². The largest absolute Gasteiger partial charge is 0.467 e. The van der Waals surface area contributed by atoms with E-state index in [1.807, 2.05) is 19.1 Å². The van der Waals surface area contributed by atoms with Gasteiger partial charge in [0, 0.05) is 6.42 Å². The molecule has 1 aromatic heterocycles. The number of hydrogen-bond donors (Lipinski definition) is 2. The minimum atomic E-state index is -0.0745. The van der Waals surface area contributed by atoms with Crippen molar-refractivity contribution in [2.75, 3.05) is 6.54 Å². The van der Waals surface area contributed by atoms with Gasteiger partial charge in [0.15, 0.2) is 0 Å². The molecule has 0 fully saturated rings. The average Bonchev–Trinajstić information content (AvgIpc) is 2.87. The Bertz CT molecular complexity index is 360. The van der Waals surface area contributed by atoms with Gasteiger partial charge in [0.1, 0.15) is 5.76 Å². The van der Waals surface area contributed by atoms with Crippen molar-refractivity contribution < 1.29 is 9.21 Å². The van der Waals surface area contributed by atoms with Crippen LogP contribution in [0.3, 0.4) is 0 Å². The van der Waals surface area contributed by atoms with Gasteiger partial charge in [0.05, 0.1) is 12.3 Å². The summed E-state index contributed by atoms with van der Waals surface area (Å²) < 4.78 is 5.27. The minimum absolute atomic E-state index is 0.0745. The van der Waals surface area contributed by atoms with Gasteiger partial charge in [-0.25, -0.2) is 0 Å². The fourth-order valence-corrected chi connectivity index (χ4v) is 2.26. The maximum Gasteiger partial charge on any atom is 0.220 e. The molecule has 0 bridgehead atoms. The van der Waals surface area contributed by atoms with Crippen molar-refractivity contribution in [3.8, 4) is 0 Å². The molecule has 0 aliphatic rings. The van der Waals surface area contributed by atoms with Crippen LogP contribution in [0.25, 0.3) is 0 Å². The van der Waals surface area contributed by atoms with E-state index in [2.05, 4.69) is 19.2 Å². The molecule has 0 spiro atoms. The van der Waals surface area contributed by atoms with Crippen LogP contribution in [0.4, 0.5) is 0 Å². The number of furan rings is 1. The number of nitrogens with one attached hydrogen (secondary N) is 1. The van der Waals surface area contributed by atoms with Gasteiger partial charge in [0.25, 0.3) is 0 Å². The fraction of sp³-hybridized carbons (Fsp3) is 0.667. The third kappa shape index (κ3) is 5.47. The minimum Gasteiger partial charge on any atom is -0.467 e. The summed E-state index contributed by atoms with van der Waals surface area (Å²) in [6, 6.07) is 3.62. The highest BCUT2D eigenvalue weighted by molar-refractivity contribution is 5.76. The molecule has 4 nitrogen and oxygen atoms in total. The maximum atomic E-state index is 11.9. The predicted molar refractivity (Wildman–Crippen MR) is 76.5 cm³/mol. The fourth-order valence-electron chi connectivity index (χ4n) is 2.26. The van der Waals surface area contributed by atoms with E-state index in [0.717, 1.165) is 18.6 Å². The van der Waals surface area contributed by atoms with E-state index in [1.54, 1.807) is 6.26 Å². The first-order valence-corrected chi connectivity index (χ1v) is 7.07. The van der Waals surface area contributed by atoms with Crippen molar-refractivity contribution in [2.24, 2.45) is 17.6 Å². The van der Waals surface area contributed by atoms with Crippen LogP contribution in [-0.2, 0) is 4.79 Å². The van der Waals surface area contributed by atoms with Gasteiger partial charge >= 0.3 is 0 Å². The SMILES string of the molecule is CC(C)C(CCN)CCC(=O)N[C@@H](C)c1ccco1. The maximum absolute atomic E-state index is 11.9. The number of hydrogen-bond acceptors (Lipinski definition) is 3. The summed E-state index contributed by atoms with van der Waals surface area (Å²) in [6.45, 7) is 6.98. The van der Waals surface area contributed by atoms with Crippen molar-refractivity contribution in [3.05, 3.63) is 24.2 Å². The molecule has 19 heavy (non-hydrogen) atoms. The lowest BCUT2D eigenvalue weighted by Crippen LogP contribution is -2.27. The predicted octanol–water partition coefficient (Wildman–Crippen LogP) is 2.86. The van der Waals surface area contributed by atoms with Crippen LogP contribution in [0.2, 0.25) is 0 Å². The van der Waals surface area contributed by atoms with E-state index in [-0.39, 0.29) is 11.9 Å². The molecule has 4 heteroatoms. The van der Waals surface area contributed by atoms with Crippen LogP contribution in [0.15, 0.2) is 22.8 Å². The van der Waals surface area contributed by atoms with Gasteiger partial charge in [-0.05, 0) is 50.3 Å².